The van der Waals surface area contributed by atoms with E-state index in [1.54, 1.807) is 6.07 Å². The molecule has 0 aliphatic rings. The molecule has 0 bridgehead atoms. The summed E-state index contributed by atoms with van der Waals surface area (Å²) in [5.74, 6) is 0.315. The first kappa shape index (κ1) is 12.4. The van der Waals surface area contributed by atoms with Gasteiger partial charge in [0.15, 0.2) is 0 Å². The summed E-state index contributed by atoms with van der Waals surface area (Å²) >= 11 is 4.89. The third-order valence-electron chi connectivity index (χ3n) is 2.59. The van der Waals surface area contributed by atoms with E-state index in [0.29, 0.717) is 10.8 Å². The predicted molar refractivity (Wildman–Crippen MR) is 74.6 cm³/mol. The van der Waals surface area contributed by atoms with Crippen LogP contribution < -0.4 is 10.6 Å². The van der Waals surface area contributed by atoms with Crippen LogP contribution in [0.5, 0.6) is 0 Å². The molecule has 1 aromatic heterocycles. The third-order valence-corrected chi connectivity index (χ3v) is 2.83. The number of thiocarbonyl (C=S) groups is 1. The number of nitrogens with two attached hydrogens (primary N) is 1. The Kier molecular flexibility index (Phi) is 3.53. The second-order valence-electron chi connectivity index (χ2n) is 3.80. The van der Waals surface area contributed by atoms with Crippen LogP contribution in [0.4, 0.5) is 15.9 Å². The van der Waals surface area contributed by atoms with E-state index < -0.39 is 0 Å². The van der Waals surface area contributed by atoms with Crippen LogP contribution >= 0.6 is 12.2 Å². The quantitative estimate of drug-likeness (QED) is 0.862. The summed E-state index contributed by atoms with van der Waals surface area (Å²) in [6.07, 6.45) is 1.19. The van der Waals surface area contributed by atoms with Crippen LogP contribution in [-0.4, -0.2) is 17.0 Å². The van der Waals surface area contributed by atoms with Crippen molar-refractivity contribution in [1.29, 1.82) is 0 Å². The van der Waals surface area contributed by atoms with Crippen LogP contribution in [0, 0.1) is 5.82 Å². The van der Waals surface area contributed by atoms with Crippen molar-refractivity contribution in [2.24, 2.45) is 5.73 Å². The number of halogens is 1. The molecule has 1 aromatic carbocycles. The van der Waals surface area contributed by atoms with Crippen molar-refractivity contribution >= 4 is 28.7 Å². The SMILES string of the molecule is CN(c1ccc(C(N)=S)cc1)c1ccc(F)cn1. The largest absolute Gasteiger partial charge is 0.389 e. The lowest BCUT2D eigenvalue weighted by Crippen LogP contribution is -2.12. The molecule has 0 radical (unpaired) electrons. The van der Waals surface area contributed by atoms with Gasteiger partial charge in [0.2, 0.25) is 0 Å². The third kappa shape index (κ3) is 2.62. The number of hydrogen-bond donors (Lipinski definition) is 1. The average Bonchev–Trinajstić information content (AvgIpc) is 2.39. The summed E-state index contributed by atoms with van der Waals surface area (Å²) in [4.78, 5) is 6.23. The summed E-state index contributed by atoms with van der Waals surface area (Å²) in [7, 11) is 1.86. The highest BCUT2D eigenvalue weighted by atomic mass is 32.1. The lowest BCUT2D eigenvalue weighted by atomic mass is 10.2. The molecule has 0 fully saturated rings. The molecule has 3 nitrogen and oxygen atoms in total. The monoisotopic (exact) mass is 261 g/mol. The highest BCUT2D eigenvalue weighted by Crippen LogP contribution is 2.21. The summed E-state index contributed by atoms with van der Waals surface area (Å²) < 4.78 is 12.8. The Morgan fingerprint density at radius 2 is 1.89 bits per heavy atom. The van der Waals surface area contributed by atoms with Gasteiger partial charge in [-0.3, -0.25) is 0 Å². The first-order chi connectivity index (χ1) is 8.58. The van der Waals surface area contributed by atoms with Gasteiger partial charge in [0, 0.05) is 18.3 Å². The van der Waals surface area contributed by atoms with Crippen molar-refractivity contribution in [3.05, 3.63) is 54.0 Å². The normalized spacial score (nSPS) is 10.1. The zero-order valence-electron chi connectivity index (χ0n) is 9.80. The Morgan fingerprint density at radius 3 is 2.39 bits per heavy atom. The zero-order valence-corrected chi connectivity index (χ0v) is 10.6. The van der Waals surface area contributed by atoms with Gasteiger partial charge in [0.1, 0.15) is 16.6 Å². The Hall–Kier alpha value is -2.01. The number of anilines is 2. The van der Waals surface area contributed by atoms with E-state index in [1.165, 1.54) is 12.3 Å². The molecule has 5 heteroatoms. The minimum atomic E-state index is -0.351. The molecule has 0 saturated heterocycles. The Balaban J connectivity index is 2.25. The fourth-order valence-corrected chi connectivity index (χ4v) is 1.68. The molecular weight excluding hydrogens is 249 g/mol. The van der Waals surface area contributed by atoms with Gasteiger partial charge in [0.05, 0.1) is 6.20 Å². The van der Waals surface area contributed by atoms with Crippen molar-refractivity contribution in [2.75, 3.05) is 11.9 Å². The van der Waals surface area contributed by atoms with Crippen molar-refractivity contribution in [3.63, 3.8) is 0 Å². The molecule has 1 heterocycles. The number of nitrogens with zero attached hydrogens (tertiary/aromatic N) is 2. The van der Waals surface area contributed by atoms with Crippen LogP contribution in [0.1, 0.15) is 5.56 Å². The molecule has 2 aromatic rings. The summed E-state index contributed by atoms with van der Waals surface area (Å²) in [6, 6.07) is 10.5. The number of benzene rings is 1. The van der Waals surface area contributed by atoms with Gasteiger partial charge in [-0.25, -0.2) is 9.37 Å². The van der Waals surface area contributed by atoms with Gasteiger partial charge in [-0.15, -0.1) is 0 Å². The van der Waals surface area contributed by atoms with E-state index in [2.05, 4.69) is 4.98 Å². The number of hydrogen-bond acceptors (Lipinski definition) is 3. The summed E-state index contributed by atoms with van der Waals surface area (Å²) in [5, 5.41) is 0. The lowest BCUT2D eigenvalue weighted by molar-refractivity contribution is 0.621. The molecule has 2 rings (SSSR count). The van der Waals surface area contributed by atoms with Crippen LogP contribution in [0.3, 0.4) is 0 Å². The van der Waals surface area contributed by atoms with E-state index in [0.717, 1.165) is 11.3 Å². The number of rotatable bonds is 3. The fourth-order valence-electron chi connectivity index (χ4n) is 1.55. The minimum absolute atomic E-state index is 0.351. The maximum Gasteiger partial charge on any atom is 0.141 e. The van der Waals surface area contributed by atoms with E-state index in [-0.39, 0.29) is 5.82 Å². The number of aromatic nitrogens is 1. The molecule has 0 saturated carbocycles. The molecule has 0 atom stereocenters. The van der Waals surface area contributed by atoms with E-state index in [9.17, 15) is 4.39 Å². The van der Waals surface area contributed by atoms with Gasteiger partial charge in [-0.2, -0.15) is 0 Å². The van der Waals surface area contributed by atoms with Crippen molar-refractivity contribution in [2.45, 2.75) is 0 Å². The van der Waals surface area contributed by atoms with E-state index in [4.69, 9.17) is 18.0 Å². The topological polar surface area (TPSA) is 42.1 Å². The second-order valence-corrected chi connectivity index (χ2v) is 4.24. The molecular formula is C13H12FN3S. The fraction of sp³-hybridized carbons (Fsp3) is 0.0769. The smallest absolute Gasteiger partial charge is 0.141 e. The highest BCUT2D eigenvalue weighted by molar-refractivity contribution is 7.80. The average molecular weight is 261 g/mol. The molecule has 0 amide bonds. The summed E-state index contributed by atoms with van der Waals surface area (Å²) in [5.41, 5.74) is 7.27. The maximum atomic E-state index is 12.8. The van der Waals surface area contributed by atoms with E-state index >= 15 is 0 Å². The predicted octanol–water partition coefficient (Wildman–Crippen LogP) is 2.62. The van der Waals surface area contributed by atoms with Crippen LogP contribution in [0.15, 0.2) is 42.6 Å². The lowest BCUT2D eigenvalue weighted by Gasteiger charge is -2.18. The second kappa shape index (κ2) is 5.10. The van der Waals surface area contributed by atoms with Crippen LogP contribution in [0.2, 0.25) is 0 Å². The van der Waals surface area contributed by atoms with E-state index in [1.807, 2.05) is 36.2 Å². The van der Waals surface area contributed by atoms with Crippen molar-refractivity contribution in [1.82, 2.24) is 4.98 Å². The Labute approximate surface area is 110 Å². The first-order valence-corrected chi connectivity index (χ1v) is 5.74. The van der Waals surface area contributed by atoms with Crippen molar-refractivity contribution in [3.8, 4) is 0 Å². The molecule has 0 spiro atoms. The molecule has 2 N–H and O–H groups in total. The molecule has 0 aliphatic carbocycles. The van der Waals surface area contributed by atoms with Crippen molar-refractivity contribution < 1.29 is 4.39 Å². The highest BCUT2D eigenvalue weighted by Gasteiger charge is 2.05. The zero-order chi connectivity index (χ0) is 13.1. The van der Waals surface area contributed by atoms with Crippen LogP contribution in [0.25, 0.3) is 0 Å². The van der Waals surface area contributed by atoms with Gasteiger partial charge in [-0.05, 0) is 36.4 Å². The maximum absolute atomic E-state index is 12.8. The van der Waals surface area contributed by atoms with Crippen LogP contribution in [-0.2, 0) is 0 Å². The molecule has 0 unspecified atom stereocenters. The minimum Gasteiger partial charge on any atom is -0.389 e. The van der Waals surface area contributed by atoms with Gasteiger partial charge >= 0.3 is 0 Å². The standard InChI is InChI=1S/C13H12FN3S/c1-17(12-7-4-10(14)8-16-12)11-5-2-9(3-6-11)13(15)18/h2-8H,1H3,(H2,15,18). The van der Waals surface area contributed by atoms with Gasteiger partial charge in [0.25, 0.3) is 0 Å². The molecule has 92 valence electrons. The summed E-state index contributed by atoms with van der Waals surface area (Å²) in [6.45, 7) is 0. The molecule has 0 aliphatic heterocycles. The van der Waals surface area contributed by atoms with Gasteiger partial charge < -0.3 is 10.6 Å². The Bertz CT molecular complexity index is 551. The number of pyridine rings is 1. The molecule has 18 heavy (non-hydrogen) atoms. The van der Waals surface area contributed by atoms with Gasteiger partial charge in [-0.1, -0.05) is 12.2 Å². The Morgan fingerprint density at radius 1 is 1.22 bits per heavy atom. The first-order valence-electron chi connectivity index (χ1n) is 5.33.